The summed E-state index contributed by atoms with van der Waals surface area (Å²) in [5.41, 5.74) is 0. The average molecular weight is 243 g/mol. The van der Waals surface area contributed by atoms with Crippen LogP contribution in [0.1, 0.15) is 6.92 Å². The zero-order valence-electron chi connectivity index (χ0n) is 8.57. The van der Waals surface area contributed by atoms with Gasteiger partial charge in [-0.25, -0.2) is 0 Å². The van der Waals surface area contributed by atoms with E-state index in [4.69, 9.17) is 4.74 Å². The fourth-order valence-electron chi connectivity index (χ4n) is 2.13. The van der Waals surface area contributed by atoms with Crippen molar-refractivity contribution >= 4 is 24.8 Å². The molecule has 0 aromatic heterocycles. The summed E-state index contributed by atoms with van der Waals surface area (Å²) in [5.74, 6) is 0.729. The summed E-state index contributed by atoms with van der Waals surface area (Å²) in [6, 6.07) is 0. The predicted octanol–water partition coefficient (Wildman–Crippen LogP) is 0.770. The molecule has 0 aromatic rings. The molecule has 86 valence electrons. The molecule has 0 radical (unpaired) electrons. The first-order valence-corrected chi connectivity index (χ1v) is 4.95. The van der Waals surface area contributed by atoms with Crippen molar-refractivity contribution in [2.45, 2.75) is 13.0 Å². The van der Waals surface area contributed by atoms with Crippen LogP contribution in [0.4, 0.5) is 0 Å². The topological polar surface area (TPSA) is 24.5 Å². The maximum absolute atomic E-state index is 5.75. The Bertz CT molecular complexity index is 160. The normalized spacial score (nSPS) is 32.4. The molecule has 2 fully saturated rings. The van der Waals surface area contributed by atoms with E-state index in [0.717, 1.165) is 38.7 Å². The molecule has 0 bridgehead atoms. The van der Waals surface area contributed by atoms with Gasteiger partial charge in [0, 0.05) is 32.1 Å². The van der Waals surface area contributed by atoms with Gasteiger partial charge in [-0.1, -0.05) is 6.92 Å². The highest BCUT2D eigenvalue weighted by molar-refractivity contribution is 5.85. The Kier molecular flexibility index (Phi) is 7.08. The summed E-state index contributed by atoms with van der Waals surface area (Å²) < 4.78 is 5.75. The third-order valence-electron chi connectivity index (χ3n) is 2.96. The van der Waals surface area contributed by atoms with E-state index >= 15 is 0 Å². The van der Waals surface area contributed by atoms with Crippen LogP contribution < -0.4 is 5.32 Å². The van der Waals surface area contributed by atoms with Crippen LogP contribution in [-0.4, -0.2) is 50.3 Å². The molecule has 2 heterocycles. The van der Waals surface area contributed by atoms with Gasteiger partial charge >= 0.3 is 0 Å². The molecule has 0 amide bonds. The van der Waals surface area contributed by atoms with E-state index in [1.165, 1.54) is 6.54 Å². The van der Waals surface area contributed by atoms with Crippen LogP contribution in [-0.2, 0) is 4.74 Å². The smallest absolute Gasteiger partial charge is 0.0752 e. The number of likely N-dealkylation sites (N-methyl/N-ethyl adjacent to an activating group) is 1. The van der Waals surface area contributed by atoms with Crippen molar-refractivity contribution in [3.05, 3.63) is 0 Å². The average Bonchev–Trinajstić information content (AvgIpc) is 2.43. The lowest BCUT2D eigenvalue weighted by Crippen LogP contribution is -2.32. The van der Waals surface area contributed by atoms with Crippen LogP contribution in [0.5, 0.6) is 0 Å². The van der Waals surface area contributed by atoms with Crippen molar-refractivity contribution in [1.29, 1.82) is 0 Å². The van der Waals surface area contributed by atoms with Crippen molar-refractivity contribution in [1.82, 2.24) is 10.2 Å². The SMILES string of the molecule is CCN1CCO[C@@H]2CNC[C@@H]2C1.Cl.Cl. The molecule has 2 rings (SSSR count). The number of nitrogens with zero attached hydrogens (tertiary/aromatic N) is 1. The molecule has 14 heavy (non-hydrogen) atoms. The van der Waals surface area contributed by atoms with E-state index < -0.39 is 0 Å². The summed E-state index contributed by atoms with van der Waals surface area (Å²) in [4.78, 5) is 2.48. The molecule has 2 atom stereocenters. The minimum atomic E-state index is 0. The first-order valence-electron chi connectivity index (χ1n) is 4.95. The second kappa shape index (κ2) is 6.85. The molecule has 3 nitrogen and oxygen atoms in total. The largest absolute Gasteiger partial charge is 0.375 e. The molecular formula is C9H20Cl2N2O. The third-order valence-corrected chi connectivity index (χ3v) is 2.96. The van der Waals surface area contributed by atoms with Gasteiger partial charge in [0.2, 0.25) is 0 Å². The van der Waals surface area contributed by atoms with Crippen LogP contribution in [0.2, 0.25) is 0 Å². The third kappa shape index (κ3) is 3.24. The maximum Gasteiger partial charge on any atom is 0.0752 e. The lowest BCUT2D eigenvalue weighted by Gasteiger charge is -2.20. The van der Waals surface area contributed by atoms with Gasteiger partial charge in [0.05, 0.1) is 12.7 Å². The van der Waals surface area contributed by atoms with Crippen LogP contribution >= 0.6 is 24.8 Å². The molecule has 0 aliphatic carbocycles. The molecule has 2 saturated heterocycles. The number of halogens is 2. The number of hydrogen-bond donors (Lipinski definition) is 1. The maximum atomic E-state index is 5.75. The van der Waals surface area contributed by atoms with Crippen molar-refractivity contribution in [2.24, 2.45) is 5.92 Å². The quantitative estimate of drug-likeness (QED) is 0.736. The number of ether oxygens (including phenoxy) is 1. The standard InChI is InChI=1S/C9H18N2O.2ClH/c1-2-11-3-4-12-9-6-10-5-8(9)7-11;;/h8-10H,2-7H2,1H3;2*1H/t8-,9-;;/m1../s1. The van der Waals surface area contributed by atoms with E-state index in [9.17, 15) is 0 Å². The Morgan fingerprint density at radius 3 is 2.86 bits per heavy atom. The number of nitrogens with one attached hydrogen (secondary N) is 1. The molecule has 0 spiro atoms. The number of fused-ring (bicyclic) bond motifs is 1. The highest BCUT2D eigenvalue weighted by Crippen LogP contribution is 2.17. The Hall–Kier alpha value is 0.460. The van der Waals surface area contributed by atoms with E-state index in [-0.39, 0.29) is 24.8 Å². The lowest BCUT2D eigenvalue weighted by atomic mass is 10.1. The highest BCUT2D eigenvalue weighted by Gasteiger charge is 2.31. The molecule has 0 unspecified atom stereocenters. The van der Waals surface area contributed by atoms with Gasteiger partial charge in [0.15, 0.2) is 0 Å². The van der Waals surface area contributed by atoms with Gasteiger partial charge in [0.25, 0.3) is 0 Å². The van der Waals surface area contributed by atoms with Crippen molar-refractivity contribution in [3.8, 4) is 0 Å². The van der Waals surface area contributed by atoms with E-state index in [0.29, 0.717) is 6.10 Å². The van der Waals surface area contributed by atoms with Gasteiger partial charge in [0.1, 0.15) is 0 Å². The zero-order valence-corrected chi connectivity index (χ0v) is 10.2. The van der Waals surface area contributed by atoms with Gasteiger partial charge in [-0.15, -0.1) is 24.8 Å². The van der Waals surface area contributed by atoms with E-state index in [1.54, 1.807) is 0 Å². The lowest BCUT2D eigenvalue weighted by molar-refractivity contribution is 0.0572. The summed E-state index contributed by atoms with van der Waals surface area (Å²) in [7, 11) is 0. The Balaban J connectivity index is 0.000000845. The molecular weight excluding hydrogens is 223 g/mol. The van der Waals surface area contributed by atoms with Crippen molar-refractivity contribution in [2.75, 3.05) is 39.3 Å². The molecule has 1 N–H and O–H groups in total. The summed E-state index contributed by atoms with van der Waals surface area (Å²) >= 11 is 0. The predicted molar refractivity (Wildman–Crippen MR) is 62.7 cm³/mol. The second-order valence-corrected chi connectivity index (χ2v) is 3.72. The summed E-state index contributed by atoms with van der Waals surface area (Å²) in [5, 5.41) is 3.39. The van der Waals surface area contributed by atoms with E-state index in [1.807, 2.05) is 0 Å². The highest BCUT2D eigenvalue weighted by atomic mass is 35.5. The van der Waals surface area contributed by atoms with Gasteiger partial charge in [-0.3, -0.25) is 0 Å². The fraction of sp³-hybridized carbons (Fsp3) is 1.00. The minimum Gasteiger partial charge on any atom is -0.375 e. The second-order valence-electron chi connectivity index (χ2n) is 3.72. The van der Waals surface area contributed by atoms with Gasteiger partial charge < -0.3 is 15.0 Å². The van der Waals surface area contributed by atoms with E-state index in [2.05, 4.69) is 17.1 Å². The first-order chi connectivity index (χ1) is 5.90. The van der Waals surface area contributed by atoms with Crippen molar-refractivity contribution < 1.29 is 4.74 Å². The first kappa shape index (κ1) is 14.5. The minimum absolute atomic E-state index is 0. The molecule has 2 aliphatic rings. The molecule has 2 aliphatic heterocycles. The Morgan fingerprint density at radius 2 is 2.14 bits per heavy atom. The molecule has 5 heteroatoms. The van der Waals surface area contributed by atoms with Crippen LogP contribution in [0, 0.1) is 5.92 Å². The Morgan fingerprint density at radius 1 is 1.36 bits per heavy atom. The van der Waals surface area contributed by atoms with Gasteiger partial charge in [-0.05, 0) is 6.54 Å². The van der Waals surface area contributed by atoms with Crippen LogP contribution in [0.25, 0.3) is 0 Å². The fourth-order valence-corrected chi connectivity index (χ4v) is 2.13. The van der Waals surface area contributed by atoms with Crippen LogP contribution in [0.15, 0.2) is 0 Å². The zero-order chi connectivity index (χ0) is 8.39. The number of hydrogen-bond acceptors (Lipinski definition) is 3. The summed E-state index contributed by atoms with van der Waals surface area (Å²) in [6.07, 6.45) is 0.488. The Labute approximate surface area is 98.4 Å². The number of rotatable bonds is 1. The monoisotopic (exact) mass is 242 g/mol. The molecule has 0 saturated carbocycles. The summed E-state index contributed by atoms with van der Waals surface area (Å²) in [6.45, 7) is 8.83. The van der Waals surface area contributed by atoms with Gasteiger partial charge in [-0.2, -0.15) is 0 Å². The van der Waals surface area contributed by atoms with Crippen molar-refractivity contribution in [3.63, 3.8) is 0 Å². The van der Waals surface area contributed by atoms with Crippen LogP contribution in [0.3, 0.4) is 0 Å². The molecule has 0 aromatic carbocycles.